The summed E-state index contributed by atoms with van der Waals surface area (Å²) in [6, 6.07) is 0. The lowest BCUT2D eigenvalue weighted by molar-refractivity contribution is -0.137. The molecule has 1 N–H and O–H groups in total. The van der Waals surface area contributed by atoms with E-state index >= 15 is 0 Å². The van der Waals surface area contributed by atoms with Crippen LogP contribution in [0.15, 0.2) is 0 Å². The third-order valence-electron chi connectivity index (χ3n) is 3.78. The zero-order chi connectivity index (χ0) is 14.0. The van der Waals surface area contributed by atoms with Crippen LogP contribution in [0.1, 0.15) is 40.5 Å². The summed E-state index contributed by atoms with van der Waals surface area (Å²) in [4.78, 5) is 12.7. The Kier molecular flexibility index (Phi) is 4.65. The summed E-state index contributed by atoms with van der Waals surface area (Å²) in [7, 11) is -1.94. The van der Waals surface area contributed by atoms with E-state index in [9.17, 15) is 9.00 Å². The molecule has 1 heterocycles. The van der Waals surface area contributed by atoms with Gasteiger partial charge in [0.1, 0.15) is 5.78 Å². The number of hydrogen-bond acceptors (Lipinski definition) is 3. The number of hydrogen-bond donors (Lipinski definition) is 1. The van der Waals surface area contributed by atoms with Crippen LogP contribution in [0.2, 0.25) is 0 Å². The van der Waals surface area contributed by atoms with Crippen LogP contribution in [-0.4, -0.2) is 40.5 Å². The molecule has 0 aromatic rings. The van der Waals surface area contributed by atoms with Crippen molar-refractivity contribution in [3.05, 3.63) is 0 Å². The molecule has 0 bridgehead atoms. The van der Waals surface area contributed by atoms with Crippen molar-refractivity contribution in [1.29, 1.82) is 0 Å². The molecule has 1 aliphatic heterocycles. The molecule has 0 atom stereocenters. The van der Waals surface area contributed by atoms with Crippen LogP contribution in [0.4, 0.5) is 0 Å². The number of Topliss-reactive ketones (excluding diaryl/α,β-unsaturated/α-hetero) is 1. The predicted molar refractivity (Wildman–Crippen MR) is 79.7 cm³/mol. The zero-order valence-electron chi connectivity index (χ0n) is 12.2. The second-order valence-corrected chi connectivity index (χ2v) is 9.26. The lowest BCUT2D eigenvalue weighted by Gasteiger charge is -2.41. The van der Waals surface area contributed by atoms with Crippen molar-refractivity contribution in [2.45, 2.75) is 40.5 Å². The van der Waals surface area contributed by atoms with Crippen molar-refractivity contribution in [1.82, 2.24) is 5.32 Å². The predicted octanol–water partition coefficient (Wildman–Crippen LogP) is 1.71. The Hall–Kier alpha value is -0.350. The van der Waals surface area contributed by atoms with Gasteiger partial charge in [-0.3, -0.25) is 9.00 Å². The van der Waals surface area contributed by atoms with Crippen LogP contribution >= 0.6 is 0 Å². The Morgan fingerprint density at radius 1 is 1.33 bits per heavy atom. The van der Waals surface area contributed by atoms with Crippen LogP contribution in [0.3, 0.4) is 0 Å². The SMILES string of the molecule is C=S1(=O)CCC(CNCC)(C(=O)C(C)(C)C)CC1. The van der Waals surface area contributed by atoms with Crippen LogP contribution in [-0.2, 0) is 14.3 Å². The maximum absolute atomic E-state index is 12.7. The number of carbonyl (C=O) groups excluding carboxylic acids is 1. The van der Waals surface area contributed by atoms with E-state index in [1.54, 1.807) is 0 Å². The molecule has 18 heavy (non-hydrogen) atoms. The minimum Gasteiger partial charge on any atom is -0.316 e. The summed E-state index contributed by atoms with van der Waals surface area (Å²) in [6.45, 7) is 9.52. The van der Waals surface area contributed by atoms with Crippen LogP contribution in [0, 0.1) is 10.8 Å². The largest absolute Gasteiger partial charge is 0.316 e. The van der Waals surface area contributed by atoms with Gasteiger partial charge in [-0.05, 0) is 34.8 Å². The second kappa shape index (κ2) is 5.33. The topological polar surface area (TPSA) is 46.2 Å². The van der Waals surface area contributed by atoms with Gasteiger partial charge < -0.3 is 5.32 Å². The molecular formula is C14H27NO2S. The molecule has 1 saturated heterocycles. The van der Waals surface area contributed by atoms with Crippen LogP contribution < -0.4 is 5.32 Å². The fourth-order valence-electron chi connectivity index (χ4n) is 2.63. The van der Waals surface area contributed by atoms with E-state index in [1.165, 1.54) is 0 Å². The summed E-state index contributed by atoms with van der Waals surface area (Å²) in [6.07, 6.45) is 1.41. The van der Waals surface area contributed by atoms with Gasteiger partial charge in [0.2, 0.25) is 0 Å². The highest BCUT2D eigenvalue weighted by atomic mass is 32.2. The van der Waals surface area contributed by atoms with Gasteiger partial charge in [0.15, 0.2) is 0 Å². The van der Waals surface area contributed by atoms with Gasteiger partial charge in [-0.25, -0.2) is 0 Å². The van der Waals surface area contributed by atoms with Crippen LogP contribution in [0.5, 0.6) is 0 Å². The van der Waals surface area contributed by atoms with Crippen molar-refractivity contribution < 1.29 is 9.00 Å². The van der Waals surface area contributed by atoms with Crippen molar-refractivity contribution in [2.24, 2.45) is 10.8 Å². The van der Waals surface area contributed by atoms with Gasteiger partial charge in [0.05, 0.1) is 0 Å². The molecule has 106 valence electrons. The summed E-state index contributed by atoms with van der Waals surface area (Å²) in [5.74, 6) is 5.26. The number of ketones is 1. The Morgan fingerprint density at radius 3 is 2.22 bits per heavy atom. The van der Waals surface area contributed by atoms with Gasteiger partial charge in [-0.15, -0.1) is 0 Å². The number of rotatable bonds is 4. The first-order chi connectivity index (χ1) is 8.13. The molecule has 0 spiro atoms. The van der Waals surface area contributed by atoms with Gasteiger partial charge in [0, 0.05) is 28.9 Å². The molecule has 1 fully saturated rings. The molecule has 0 radical (unpaired) electrons. The molecule has 0 amide bonds. The third kappa shape index (κ3) is 3.58. The van der Waals surface area contributed by atoms with Crippen molar-refractivity contribution >= 4 is 21.2 Å². The summed E-state index contributed by atoms with van der Waals surface area (Å²) in [5.41, 5.74) is -0.679. The molecule has 1 rings (SSSR count). The van der Waals surface area contributed by atoms with Crippen molar-refractivity contribution in [3.8, 4) is 0 Å². The van der Waals surface area contributed by atoms with E-state index in [-0.39, 0.29) is 10.8 Å². The molecule has 0 aliphatic carbocycles. The average molecular weight is 273 g/mol. The fraction of sp³-hybridized carbons (Fsp3) is 0.857. The fourth-order valence-corrected chi connectivity index (χ4v) is 4.36. The standard InChI is InChI=1S/C14H27NO2S/c1-6-15-11-14(12(16)13(2,3)4)7-9-18(5,17)10-8-14/h15H,5-11H2,1-4H3. The Bertz CT molecular complexity index is 390. The van der Waals surface area contributed by atoms with Gasteiger partial charge in [-0.2, -0.15) is 0 Å². The number of nitrogens with one attached hydrogen (secondary N) is 1. The van der Waals surface area contributed by atoms with E-state index in [2.05, 4.69) is 11.2 Å². The molecule has 0 aromatic heterocycles. The van der Waals surface area contributed by atoms with Crippen molar-refractivity contribution in [2.75, 3.05) is 24.6 Å². The molecule has 4 heteroatoms. The maximum Gasteiger partial charge on any atom is 0.145 e. The normalized spacial score (nSPS) is 33.3. The van der Waals surface area contributed by atoms with E-state index in [0.717, 1.165) is 6.54 Å². The van der Waals surface area contributed by atoms with Gasteiger partial charge >= 0.3 is 0 Å². The molecule has 3 nitrogen and oxygen atoms in total. The molecule has 0 aromatic carbocycles. The zero-order valence-corrected chi connectivity index (χ0v) is 13.0. The lowest BCUT2D eigenvalue weighted by atomic mass is 9.69. The monoisotopic (exact) mass is 273 g/mol. The molecular weight excluding hydrogens is 246 g/mol. The Morgan fingerprint density at radius 2 is 1.83 bits per heavy atom. The summed E-state index contributed by atoms with van der Waals surface area (Å²) in [5, 5.41) is 3.31. The highest BCUT2D eigenvalue weighted by molar-refractivity contribution is 8.00. The van der Waals surface area contributed by atoms with Crippen LogP contribution in [0.25, 0.3) is 0 Å². The molecule has 1 aliphatic rings. The summed E-state index contributed by atoms with van der Waals surface area (Å²) >= 11 is 0. The Labute approximate surface area is 112 Å². The smallest absolute Gasteiger partial charge is 0.145 e. The highest BCUT2D eigenvalue weighted by Crippen LogP contribution is 2.39. The summed E-state index contributed by atoms with van der Waals surface area (Å²) < 4.78 is 12.0. The quantitative estimate of drug-likeness (QED) is 0.793. The second-order valence-electron chi connectivity index (χ2n) is 6.51. The third-order valence-corrected chi connectivity index (χ3v) is 5.68. The Balaban J connectivity index is 2.95. The van der Waals surface area contributed by atoms with Gasteiger partial charge in [-0.1, -0.05) is 27.7 Å². The van der Waals surface area contributed by atoms with E-state index in [0.29, 0.717) is 36.7 Å². The highest BCUT2D eigenvalue weighted by Gasteiger charge is 2.45. The number of carbonyl (C=O) groups is 1. The van der Waals surface area contributed by atoms with E-state index in [1.807, 2.05) is 27.7 Å². The minimum atomic E-state index is -1.94. The first-order valence-electron chi connectivity index (χ1n) is 6.71. The minimum absolute atomic E-state index is 0.297. The maximum atomic E-state index is 12.7. The first kappa shape index (κ1) is 15.7. The first-order valence-corrected chi connectivity index (χ1v) is 8.78. The molecule has 0 saturated carbocycles. The van der Waals surface area contributed by atoms with Crippen molar-refractivity contribution in [3.63, 3.8) is 0 Å². The van der Waals surface area contributed by atoms with E-state index in [4.69, 9.17) is 0 Å². The lowest BCUT2D eigenvalue weighted by Crippen LogP contribution is -2.50. The van der Waals surface area contributed by atoms with E-state index < -0.39 is 9.52 Å². The average Bonchev–Trinajstić information content (AvgIpc) is 2.26. The van der Waals surface area contributed by atoms with Gasteiger partial charge in [0.25, 0.3) is 0 Å². The molecule has 0 unspecified atom stereocenters.